The Kier molecular flexibility index (Phi) is 3.50. The average Bonchev–Trinajstić information content (AvgIpc) is 2.40. The standard InChI is InChI=1S/C14H15NO2/c1-15-11-3-5-13(6-4-11)17-14-9-7-12(16-2)8-10-14/h3-10,15H,1-2H3. The highest BCUT2D eigenvalue weighted by Crippen LogP contribution is 2.24. The van der Waals surface area contributed by atoms with E-state index in [1.165, 1.54) is 0 Å². The third-order valence-electron chi connectivity index (χ3n) is 2.44. The molecule has 0 aliphatic rings. The van der Waals surface area contributed by atoms with Crippen molar-refractivity contribution in [3.63, 3.8) is 0 Å². The molecule has 2 aromatic carbocycles. The van der Waals surface area contributed by atoms with Gasteiger partial charge in [0.1, 0.15) is 17.2 Å². The highest BCUT2D eigenvalue weighted by Gasteiger charge is 1.98. The molecular weight excluding hydrogens is 214 g/mol. The topological polar surface area (TPSA) is 30.5 Å². The molecule has 0 atom stereocenters. The first-order valence-corrected chi connectivity index (χ1v) is 5.41. The van der Waals surface area contributed by atoms with Gasteiger partial charge in [-0.1, -0.05) is 0 Å². The maximum atomic E-state index is 5.69. The Hall–Kier alpha value is -2.16. The van der Waals surface area contributed by atoms with E-state index in [0.717, 1.165) is 22.9 Å². The zero-order chi connectivity index (χ0) is 12.1. The van der Waals surface area contributed by atoms with Gasteiger partial charge >= 0.3 is 0 Å². The summed E-state index contributed by atoms with van der Waals surface area (Å²) in [5, 5.41) is 3.06. The van der Waals surface area contributed by atoms with Gasteiger partial charge in [0.25, 0.3) is 0 Å². The molecule has 0 radical (unpaired) electrons. The Morgan fingerprint density at radius 2 is 1.24 bits per heavy atom. The van der Waals surface area contributed by atoms with Crippen LogP contribution in [0, 0.1) is 0 Å². The lowest BCUT2D eigenvalue weighted by Gasteiger charge is -2.07. The molecule has 0 aliphatic carbocycles. The van der Waals surface area contributed by atoms with Crippen molar-refractivity contribution in [2.24, 2.45) is 0 Å². The van der Waals surface area contributed by atoms with Gasteiger partial charge in [-0.3, -0.25) is 0 Å². The van der Waals surface area contributed by atoms with Crippen molar-refractivity contribution in [1.29, 1.82) is 0 Å². The van der Waals surface area contributed by atoms with Crippen molar-refractivity contribution in [2.45, 2.75) is 0 Å². The fourth-order valence-electron chi connectivity index (χ4n) is 1.47. The van der Waals surface area contributed by atoms with Crippen molar-refractivity contribution < 1.29 is 9.47 Å². The number of methoxy groups -OCH3 is 1. The first kappa shape index (κ1) is 11.3. The summed E-state index contributed by atoms with van der Waals surface area (Å²) in [6.07, 6.45) is 0. The highest BCUT2D eigenvalue weighted by atomic mass is 16.5. The van der Waals surface area contributed by atoms with Crippen LogP contribution in [0.3, 0.4) is 0 Å². The summed E-state index contributed by atoms with van der Waals surface area (Å²) in [7, 11) is 3.53. The molecular formula is C14H15NO2. The Labute approximate surface area is 101 Å². The van der Waals surface area contributed by atoms with Gasteiger partial charge < -0.3 is 14.8 Å². The second kappa shape index (κ2) is 5.25. The number of hydrogen-bond acceptors (Lipinski definition) is 3. The zero-order valence-electron chi connectivity index (χ0n) is 9.94. The van der Waals surface area contributed by atoms with E-state index in [1.54, 1.807) is 7.11 Å². The zero-order valence-corrected chi connectivity index (χ0v) is 9.94. The maximum absolute atomic E-state index is 5.69. The second-order valence-electron chi connectivity index (χ2n) is 3.55. The first-order valence-electron chi connectivity index (χ1n) is 5.41. The summed E-state index contributed by atoms with van der Waals surface area (Å²) in [6.45, 7) is 0. The van der Waals surface area contributed by atoms with Crippen molar-refractivity contribution in [2.75, 3.05) is 19.5 Å². The van der Waals surface area contributed by atoms with Crippen LogP contribution in [-0.4, -0.2) is 14.2 Å². The fourth-order valence-corrected chi connectivity index (χ4v) is 1.47. The van der Waals surface area contributed by atoms with Crippen LogP contribution >= 0.6 is 0 Å². The predicted octanol–water partition coefficient (Wildman–Crippen LogP) is 3.53. The summed E-state index contributed by atoms with van der Waals surface area (Å²) in [5.74, 6) is 2.43. The lowest BCUT2D eigenvalue weighted by Crippen LogP contribution is -1.88. The van der Waals surface area contributed by atoms with E-state index in [1.807, 2.05) is 55.6 Å². The summed E-state index contributed by atoms with van der Waals surface area (Å²) in [4.78, 5) is 0. The Morgan fingerprint density at radius 3 is 1.71 bits per heavy atom. The molecule has 88 valence electrons. The molecule has 0 fully saturated rings. The number of rotatable bonds is 4. The lowest BCUT2D eigenvalue weighted by atomic mass is 10.3. The molecule has 1 N–H and O–H groups in total. The molecule has 0 spiro atoms. The van der Waals surface area contributed by atoms with E-state index in [-0.39, 0.29) is 0 Å². The molecule has 3 nitrogen and oxygen atoms in total. The van der Waals surface area contributed by atoms with Gasteiger partial charge in [0.15, 0.2) is 0 Å². The number of hydrogen-bond donors (Lipinski definition) is 1. The largest absolute Gasteiger partial charge is 0.497 e. The van der Waals surface area contributed by atoms with Gasteiger partial charge in [0, 0.05) is 12.7 Å². The van der Waals surface area contributed by atoms with Crippen LogP contribution in [0.1, 0.15) is 0 Å². The minimum atomic E-state index is 0.794. The highest BCUT2D eigenvalue weighted by molar-refractivity contribution is 5.46. The normalized spacial score (nSPS) is 9.76. The molecule has 2 aromatic rings. The van der Waals surface area contributed by atoms with Crippen LogP contribution in [0.5, 0.6) is 17.2 Å². The summed E-state index contributed by atoms with van der Waals surface area (Å²) in [6, 6.07) is 15.3. The molecule has 0 bridgehead atoms. The average molecular weight is 229 g/mol. The van der Waals surface area contributed by atoms with E-state index < -0.39 is 0 Å². The van der Waals surface area contributed by atoms with Crippen molar-refractivity contribution >= 4 is 5.69 Å². The molecule has 3 heteroatoms. The number of anilines is 1. The predicted molar refractivity (Wildman–Crippen MR) is 69.1 cm³/mol. The van der Waals surface area contributed by atoms with Crippen LogP contribution in [-0.2, 0) is 0 Å². The Balaban J connectivity index is 2.08. The monoisotopic (exact) mass is 229 g/mol. The molecule has 2 rings (SSSR count). The maximum Gasteiger partial charge on any atom is 0.127 e. The van der Waals surface area contributed by atoms with Crippen molar-refractivity contribution in [3.05, 3.63) is 48.5 Å². The van der Waals surface area contributed by atoms with Crippen LogP contribution in [0.25, 0.3) is 0 Å². The summed E-state index contributed by atoms with van der Waals surface area (Å²) < 4.78 is 10.8. The van der Waals surface area contributed by atoms with Crippen molar-refractivity contribution in [1.82, 2.24) is 0 Å². The summed E-state index contributed by atoms with van der Waals surface area (Å²) >= 11 is 0. The molecule has 0 unspecified atom stereocenters. The molecule has 0 amide bonds. The summed E-state index contributed by atoms with van der Waals surface area (Å²) in [5.41, 5.74) is 1.06. The van der Waals surface area contributed by atoms with E-state index in [2.05, 4.69) is 5.32 Å². The van der Waals surface area contributed by atoms with E-state index in [9.17, 15) is 0 Å². The molecule has 0 saturated carbocycles. The number of ether oxygens (including phenoxy) is 2. The fraction of sp³-hybridized carbons (Fsp3) is 0.143. The minimum absolute atomic E-state index is 0.794. The van der Waals surface area contributed by atoms with Gasteiger partial charge in [-0.2, -0.15) is 0 Å². The Bertz CT molecular complexity index is 417. The SMILES string of the molecule is CNc1ccc(Oc2ccc(OC)cc2)cc1. The molecule has 17 heavy (non-hydrogen) atoms. The van der Waals surface area contributed by atoms with E-state index >= 15 is 0 Å². The van der Waals surface area contributed by atoms with E-state index in [0.29, 0.717) is 0 Å². The first-order chi connectivity index (χ1) is 8.31. The van der Waals surface area contributed by atoms with Crippen LogP contribution < -0.4 is 14.8 Å². The molecule has 0 aliphatic heterocycles. The van der Waals surface area contributed by atoms with Gasteiger partial charge in [0.2, 0.25) is 0 Å². The molecule has 0 aromatic heterocycles. The van der Waals surface area contributed by atoms with Gasteiger partial charge in [0.05, 0.1) is 7.11 Å². The Morgan fingerprint density at radius 1 is 0.765 bits per heavy atom. The van der Waals surface area contributed by atoms with Crippen molar-refractivity contribution in [3.8, 4) is 17.2 Å². The molecule has 0 saturated heterocycles. The minimum Gasteiger partial charge on any atom is -0.497 e. The van der Waals surface area contributed by atoms with Gasteiger partial charge in [-0.05, 0) is 48.5 Å². The van der Waals surface area contributed by atoms with Gasteiger partial charge in [-0.25, -0.2) is 0 Å². The second-order valence-corrected chi connectivity index (χ2v) is 3.55. The number of benzene rings is 2. The lowest BCUT2D eigenvalue weighted by molar-refractivity contribution is 0.413. The van der Waals surface area contributed by atoms with Crippen LogP contribution in [0.2, 0.25) is 0 Å². The molecule has 0 heterocycles. The third-order valence-corrected chi connectivity index (χ3v) is 2.44. The quantitative estimate of drug-likeness (QED) is 0.870. The van der Waals surface area contributed by atoms with Gasteiger partial charge in [-0.15, -0.1) is 0 Å². The van der Waals surface area contributed by atoms with Crippen LogP contribution in [0.15, 0.2) is 48.5 Å². The third kappa shape index (κ3) is 2.91. The smallest absolute Gasteiger partial charge is 0.127 e. The van der Waals surface area contributed by atoms with E-state index in [4.69, 9.17) is 9.47 Å². The number of nitrogens with one attached hydrogen (secondary N) is 1. The van der Waals surface area contributed by atoms with Crippen LogP contribution in [0.4, 0.5) is 5.69 Å².